The first kappa shape index (κ1) is 16.2. The minimum atomic E-state index is -0.233. The van der Waals surface area contributed by atoms with E-state index in [-0.39, 0.29) is 11.9 Å². The van der Waals surface area contributed by atoms with Crippen molar-refractivity contribution in [2.24, 2.45) is 0 Å². The van der Waals surface area contributed by atoms with E-state index in [9.17, 15) is 9.59 Å². The smallest absolute Gasteiger partial charge is 0.305 e. The van der Waals surface area contributed by atoms with Crippen molar-refractivity contribution in [1.29, 1.82) is 0 Å². The molecule has 0 radical (unpaired) electrons. The van der Waals surface area contributed by atoms with Crippen LogP contribution in [0.1, 0.15) is 35.7 Å². The zero-order valence-electron chi connectivity index (χ0n) is 12.0. The third-order valence-corrected chi connectivity index (χ3v) is 2.65. The SMILES string of the molecule is CCOC(=O)CCCNC(=O)c1cccc(COC)c1. The third kappa shape index (κ3) is 5.84. The van der Waals surface area contributed by atoms with E-state index in [0.29, 0.717) is 38.2 Å². The molecule has 0 fully saturated rings. The highest BCUT2D eigenvalue weighted by atomic mass is 16.5. The quantitative estimate of drug-likeness (QED) is 0.583. The number of benzene rings is 1. The predicted octanol–water partition coefficient (Wildman–Crippen LogP) is 1.91. The Hall–Kier alpha value is -1.88. The summed E-state index contributed by atoms with van der Waals surface area (Å²) in [4.78, 5) is 23.0. The molecule has 0 aromatic heterocycles. The van der Waals surface area contributed by atoms with Gasteiger partial charge in [-0.25, -0.2) is 0 Å². The van der Waals surface area contributed by atoms with Crippen LogP contribution in [0.15, 0.2) is 24.3 Å². The van der Waals surface area contributed by atoms with E-state index in [2.05, 4.69) is 5.32 Å². The Morgan fingerprint density at radius 2 is 2.10 bits per heavy atom. The van der Waals surface area contributed by atoms with Crippen LogP contribution in [0.2, 0.25) is 0 Å². The number of carbonyl (C=O) groups is 2. The average Bonchev–Trinajstić information content (AvgIpc) is 2.44. The average molecular weight is 279 g/mol. The molecule has 0 spiro atoms. The largest absolute Gasteiger partial charge is 0.466 e. The summed E-state index contributed by atoms with van der Waals surface area (Å²) in [6, 6.07) is 7.27. The molecule has 0 unspecified atom stereocenters. The molecule has 0 saturated heterocycles. The Bertz CT molecular complexity index is 445. The number of hydrogen-bond donors (Lipinski definition) is 1. The highest BCUT2D eigenvalue weighted by Gasteiger charge is 2.06. The molecule has 0 heterocycles. The van der Waals surface area contributed by atoms with E-state index >= 15 is 0 Å². The lowest BCUT2D eigenvalue weighted by Crippen LogP contribution is -2.25. The van der Waals surface area contributed by atoms with Gasteiger partial charge < -0.3 is 14.8 Å². The Balaban J connectivity index is 2.35. The monoisotopic (exact) mass is 279 g/mol. The van der Waals surface area contributed by atoms with Crippen LogP contribution < -0.4 is 5.32 Å². The lowest BCUT2D eigenvalue weighted by atomic mass is 10.1. The second-order valence-corrected chi connectivity index (χ2v) is 4.30. The fraction of sp³-hybridized carbons (Fsp3) is 0.467. The number of carbonyl (C=O) groups excluding carboxylic acids is 2. The first-order valence-electron chi connectivity index (χ1n) is 6.69. The molecule has 1 aromatic carbocycles. The molecule has 0 aliphatic carbocycles. The van der Waals surface area contributed by atoms with Crippen LogP contribution in [0.5, 0.6) is 0 Å². The fourth-order valence-corrected chi connectivity index (χ4v) is 1.74. The summed E-state index contributed by atoms with van der Waals surface area (Å²) in [5.74, 6) is -0.379. The molecule has 0 aliphatic heterocycles. The van der Waals surface area contributed by atoms with Crippen molar-refractivity contribution >= 4 is 11.9 Å². The van der Waals surface area contributed by atoms with Gasteiger partial charge in [-0.15, -0.1) is 0 Å². The van der Waals surface area contributed by atoms with Gasteiger partial charge in [-0.3, -0.25) is 9.59 Å². The molecule has 20 heavy (non-hydrogen) atoms. The summed E-state index contributed by atoms with van der Waals surface area (Å²) in [5, 5.41) is 2.78. The lowest BCUT2D eigenvalue weighted by Gasteiger charge is -2.07. The van der Waals surface area contributed by atoms with Crippen LogP contribution in [-0.2, 0) is 20.9 Å². The highest BCUT2D eigenvalue weighted by Crippen LogP contribution is 2.06. The summed E-state index contributed by atoms with van der Waals surface area (Å²) in [7, 11) is 1.61. The molecule has 0 atom stereocenters. The van der Waals surface area contributed by atoms with Gasteiger partial charge in [0, 0.05) is 25.6 Å². The summed E-state index contributed by atoms with van der Waals surface area (Å²) in [6.45, 7) is 3.08. The minimum absolute atomic E-state index is 0.146. The minimum Gasteiger partial charge on any atom is -0.466 e. The maximum atomic E-state index is 11.9. The van der Waals surface area contributed by atoms with Gasteiger partial charge in [0.25, 0.3) is 5.91 Å². The summed E-state index contributed by atoms with van der Waals surface area (Å²) in [5.41, 5.74) is 1.54. The Morgan fingerprint density at radius 1 is 1.30 bits per heavy atom. The van der Waals surface area contributed by atoms with Crippen LogP contribution in [0.25, 0.3) is 0 Å². The number of hydrogen-bond acceptors (Lipinski definition) is 4. The first-order valence-corrected chi connectivity index (χ1v) is 6.69. The van der Waals surface area contributed by atoms with Gasteiger partial charge in [-0.05, 0) is 31.0 Å². The molecule has 0 bridgehead atoms. The Morgan fingerprint density at radius 3 is 2.80 bits per heavy atom. The molecular formula is C15H21NO4. The lowest BCUT2D eigenvalue weighted by molar-refractivity contribution is -0.143. The predicted molar refractivity (Wildman–Crippen MR) is 75.4 cm³/mol. The van der Waals surface area contributed by atoms with Crippen molar-refractivity contribution in [2.45, 2.75) is 26.4 Å². The van der Waals surface area contributed by atoms with E-state index < -0.39 is 0 Å². The molecule has 0 aliphatic rings. The molecule has 110 valence electrons. The van der Waals surface area contributed by atoms with E-state index in [1.807, 2.05) is 12.1 Å². The Kier molecular flexibility index (Phi) is 7.35. The number of esters is 1. The van der Waals surface area contributed by atoms with E-state index in [1.165, 1.54) is 0 Å². The van der Waals surface area contributed by atoms with Crippen LogP contribution in [0.3, 0.4) is 0 Å². The van der Waals surface area contributed by atoms with Gasteiger partial charge in [0.1, 0.15) is 0 Å². The zero-order chi connectivity index (χ0) is 14.8. The Labute approximate surface area is 119 Å². The van der Waals surface area contributed by atoms with Crippen molar-refractivity contribution in [3.63, 3.8) is 0 Å². The standard InChI is InChI=1S/C15H21NO4/c1-3-20-14(17)8-5-9-16-15(18)13-7-4-6-12(10-13)11-19-2/h4,6-7,10H,3,5,8-9,11H2,1-2H3,(H,16,18). The van der Waals surface area contributed by atoms with E-state index in [4.69, 9.17) is 9.47 Å². The second-order valence-electron chi connectivity index (χ2n) is 4.30. The van der Waals surface area contributed by atoms with Gasteiger partial charge in [-0.1, -0.05) is 12.1 Å². The van der Waals surface area contributed by atoms with Crippen LogP contribution in [-0.4, -0.2) is 32.1 Å². The topological polar surface area (TPSA) is 64.6 Å². The summed E-state index contributed by atoms with van der Waals surface area (Å²) < 4.78 is 9.84. The van der Waals surface area contributed by atoms with Crippen LogP contribution >= 0.6 is 0 Å². The number of nitrogens with one attached hydrogen (secondary N) is 1. The van der Waals surface area contributed by atoms with E-state index in [1.54, 1.807) is 26.2 Å². The third-order valence-electron chi connectivity index (χ3n) is 2.65. The number of amides is 1. The first-order chi connectivity index (χ1) is 9.67. The number of methoxy groups -OCH3 is 1. The molecule has 1 rings (SSSR count). The van der Waals surface area contributed by atoms with Gasteiger partial charge >= 0.3 is 5.97 Å². The molecule has 5 nitrogen and oxygen atoms in total. The van der Waals surface area contributed by atoms with Crippen molar-refractivity contribution in [3.05, 3.63) is 35.4 Å². The normalized spacial score (nSPS) is 10.1. The van der Waals surface area contributed by atoms with Crippen molar-refractivity contribution in [3.8, 4) is 0 Å². The van der Waals surface area contributed by atoms with E-state index in [0.717, 1.165) is 5.56 Å². The molecular weight excluding hydrogens is 258 g/mol. The van der Waals surface area contributed by atoms with Crippen LogP contribution in [0, 0.1) is 0 Å². The maximum absolute atomic E-state index is 11.9. The second kappa shape index (κ2) is 9.09. The molecule has 1 N–H and O–H groups in total. The fourth-order valence-electron chi connectivity index (χ4n) is 1.74. The van der Waals surface area contributed by atoms with Crippen LogP contribution in [0.4, 0.5) is 0 Å². The number of ether oxygens (including phenoxy) is 2. The van der Waals surface area contributed by atoms with Gasteiger partial charge in [0.2, 0.25) is 0 Å². The van der Waals surface area contributed by atoms with Crippen molar-refractivity contribution in [2.75, 3.05) is 20.3 Å². The highest BCUT2D eigenvalue weighted by molar-refractivity contribution is 5.94. The molecule has 1 aromatic rings. The zero-order valence-corrected chi connectivity index (χ0v) is 12.0. The molecule has 0 saturated carbocycles. The van der Waals surface area contributed by atoms with Gasteiger partial charge in [-0.2, -0.15) is 0 Å². The molecule has 5 heteroatoms. The van der Waals surface area contributed by atoms with Gasteiger partial charge in [0.15, 0.2) is 0 Å². The van der Waals surface area contributed by atoms with Gasteiger partial charge in [0.05, 0.1) is 13.2 Å². The van der Waals surface area contributed by atoms with Crippen molar-refractivity contribution in [1.82, 2.24) is 5.32 Å². The van der Waals surface area contributed by atoms with Crippen molar-refractivity contribution < 1.29 is 19.1 Å². The summed E-state index contributed by atoms with van der Waals surface area (Å²) >= 11 is 0. The maximum Gasteiger partial charge on any atom is 0.305 e. The number of rotatable bonds is 8. The summed E-state index contributed by atoms with van der Waals surface area (Å²) in [6.07, 6.45) is 0.889. The molecule has 1 amide bonds.